The highest BCUT2D eigenvalue weighted by molar-refractivity contribution is 9.10. The van der Waals surface area contributed by atoms with Crippen LogP contribution in [0.2, 0.25) is 0 Å². The smallest absolute Gasteiger partial charge is 0.366 e. The van der Waals surface area contributed by atoms with Gasteiger partial charge in [-0.2, -0.15) is 20.5 Å². The Hall–Kier alpha value is -1.51. The van der Waals surface area contributed by atoms with Crippen molar-refractivity contribution in [3.05, 3.63) is 75.3 Å². The Balaban J connectivity index is 1.95. The third-order valence-corrected chi connectivity index (χ3v) is 6.28. The van der Waals surface area contributed by atoms with Gasteiger partial charge in [0, 0.05) is 27.1 Å². The summed E-state index contributed by atoms with van der Waals surface area (Å²) in [4.78, 5) is 28.8. The van der Waals surface area contributed by atoms with Crippen LogP contribution in [0.15, 0.2) is 53.0 Å². The number of carbonyl (C=O) groups is 1. The molecule has 0 spiro atoms. The van der Waals surface area contributed by atoms with E-state index in [-0.39, 0.29) is 4.47 Å². The molecule has 0 radical (unpaired) electrons. The van der Waals surface area contributed by atoms with E-state index in [1.807, 2.05) is 18.2 Å². The second-order valence-corrected chi connectivity index (χ2v) is 9.34. The van der Waals surface area contributed by atoms with Gasteiger partial charge in [0.05, 0.1) is 0 Å². The Bertz CT molecular complexity index is 949. The van der Waals surface area contributed by atoms with Crippen molar-refractivity contribution in [3.63, 3.8) is 0 Å². The number of alkyl halides is 2. The fraction of sp³-hybridized carbons (Fsp3) is 0.167. The number of rotatable bonds is 8. The SMILES string of the molecule is NC(=O)c1cccc(/C=C/CSCc2ccc(C(F)(F)P(=O)(O)O)c(Br)c2)c1. The molecule has 0 aliphatic carbocycles. The van der Waals surface area contributed by atoms with Crippen molar-refractivity contribution in [2.45, 2.75) is 11.4 Å². The summed E-state index contributed by atoms with van der Waals surface area (Å²) in [7, 11) is -5.61. The van der Waals surface area contributed by atoms with Crippen LogP contribution in [0.25, 0.3) is 6.08 Å². The molecule has 0 unspecified atom stereocenters. The lowest BCUT2D eigenvalue weighted by Crippen LogP contribution is -2.14. The fourth-order valence-electron chi connectivity index (χ4n) is 2.27. The first-order valence-electron chi connectivity index (χ1n) is 7.89. The number of halogens is 3. The number of hydrogen-bond acceptors (Lipinski definition) is 3. The predicted octanol–water partition coefficient (Wildman–Crippen LogP) is 4.72. The van der Waals surface area contributed by atoms with Crippen LogP contribution in [-0.4, -0.2) is 21.4 Å². The zero-order valence-electron chi connectivity index (χ0n) is 14.4. The van der Waals surface area contributed by atoms with Crippen molar-refractivity contribution >= 4 is 47.3 Å². The Labute approximate surface area is 173 Å². The number of amides is 1. The lowest BCUT2D eigenvalue weighted by atomic mass is 10.1. The lowest BCUT2D eigenvalue weighted by molar-refractivity contribution is 0.0557. The maximum atomic E-state index is 13.8. The molecule has 150 valence electrons. The number of thioether (sulfide) groups is 1. The number of benzene rings is 2. The van der Waals surface area contributed by atoms with Crippen molar-refractivity contribution in [3.8, 4) is 0 Å². The van der Waals surface area contributed by atoms with Crippen LogP contribution in [-0.2, 0) is 16.0 Å². The largest absolute Gasteiger partial charge is 0.399 e. The van der Waals surface area contributed by atoms with Gasteiger partial charge in [0.25, 0.3) is 0 Å². The maximum absolute atomic E-state index is 13.8. The molecular formula is C18H17BrF2NO4PS. The Morgan fingerprint density at radius 3 is 2.57 bits per heavy atom. The summed E-state index contributed by atoms with van der Waals surface area (Å²) >= 11 is 4.49. The molecule has 0 aliphatic rings. The molecular weight excluding hydrogens is 475 g/mol. The quantitative estimate of drug-likeness (QED) is 0.366. The van der Waals surface area contributed by atoms with Crippen molar-refractivity contribution in [1.29, 1.82) is 0 Å². The van der Waals surface area contributed by atoms with Crippen molar-refractivity contribution in [2.75, 3.05) is 5.75 Å². The number of carbonyl (C=O) groups excluding carboxylic acids is 1. The monoisotopic (exact) mass is 491 g/mol. The molecule has 1 amide bonds. The van der Waals surface area contributed by atoms with Crippen LogP contribution in [0.4, 0.5) is 8.78 Å². The number of hydrogen-bond donors (Lipinski definition) is 3. The number of primary amides is 1. The lowest BCUT2D eigenvalue weighted by Gasteiger charge is -2.19. The van der Waals surface area contributed by atoms with Gasteiger partial charge >= 0.3 is 13.3 Å². The summed E-state index contributed by atoms with van der Waals surface area (Å²) in [5, 5.41) is 0. The summed E-state index contributed by atoms with van der Waals surface area (Å²) in [6.45, 7) is 0. The zero-order valence-corrected chi connectivity index (χ0v) is 17.7. The zero-order chi connectivity index (χ0) is 20.9. The van der Waals surface area contributed by atoms with Crippen LogP contribution >= 0.6 is 35.3 Å². The average Bonchev–Trinajstić information content (AvgIpc) is 2.60. The minimum absolute atomic E-state index is 0.0577. The van der Waals surface area contributed by atoms with Gasteiger partial charge in [0.15, 0.2) is 0 Å². The summed E-state index contributed by atoms with van der Waals surface area (Å²) in [6.07, 6.45) is 3.75. The second-order valence-electron chi connectivity index (χ2n) is 5.81. The molecule has 4 N–H and O–H groups in total. The molecule has 10 heteroatoms. The third kappa shape index (κ3) is 5.75. The molecule has 0 aliphatic heterocycles. The molecule has 0 saturated heterocycles. The van der Waals surface area contributed by atoms with E-state index < -0.39 is 24.7 Å². The Morgan fingerprint density at radius 1 is 1.25 bits per heavy atom. The molecule has 0 aromatic heterocycles. The van der Waals surface area contributed by atoms with E-state index in [0.717, 1.165) is 17.2 Å². The Kier molecular flexibility index (Phi) is 7.59. The van der Waals surface area contributed by atoms with E-state index >= 15 is 0 Å². The van der Waals surface area contributed by atoms with Gasteiger partial charge < -0.3 is 15.5 Å². The highest BCUT2D eigenvalue weighted by Gasteiger charge is 2.51. The minimum Gasteiger partial charge on any atom is -0.366 e. The van der Waals surface area contributed by atoms with Gasteiger partial charge in [-0.25, -0.2) is 0 Å². The fourth-order valence-corrected chi connectivity index (χ4v) is 4.38. The van der Waals surface area contributed by atoms with Gasteiger partial charge in [-0.15, -0.1) is 0 Å². The first kappa shape index (κ1) is 22.8. The van der Waals surface area contributed by atoms with Gasteiger partial charge in [-0.3, -0.25) is 9.36 Å². The molecule has 0 saturated carbocycles. The van der Waals surface area contributed by atoms with E-state index in [1.165, 1.54) is 23.9 Å². The molecule has 5 nitrogen and oxygen atoms in total. The first-order chi connectivity index (χ1) is 13.0. The van der Waals surface area contributed by atoms with Crippen LogP contribution in [0.5, 0.6) is 0 Å². The molecule has 2 aromatic rings. The van der Waals surface area contributed by atoms with E-state index in [2.05, 4.69) is 15.9 Å². The van der Waals surface area contributed by atoms with Crippen molar-refractivity contribution in [2.24, 2.45) is 5.73 Å². The van der Waals surface area contributed by atoms with E-state index in [4.69, 9.17) is 15.5 Å². The van der Waals surface area contributed by atoms with Crippen LogP contribution < -0.4 is 5.73 Å². The van der Waals surface area contributed by atoms with E-state index in [0.29, 0.717) is 17.1 Å². The predicted molar refractivity (Wildman–Crippen MR) is 110 cm³/mol. The van der Waals surface area contributed by atoms with Crippen molar-refractivity contribution < 1.29 is 27.9 Å². The summed E-state index contributed by atoms with van der Waals surface area (Å²) in [6, 6.07) is 10.7. The van der Waals surface area contributed by atoms with Gasteiger partial charge in [0.1, 0.15) is 0 Å². The Morgan fingerprint density at radius 2 is 1.96 bits per heavy atom. The summed E-state index contributed by atoms with van der Waals surface area (Å²) in [5.41, 5.74) is 2.23. The van der Waals surface area contributed by atoms with Gasteiger partial charge in [-0.1, -0.05) is 52.3 Å². The van der Waals surface area contributed by atoms with E-state index in [1.54, 1.807) is 18.2 Å². The summed E-state index contributed by atoms with van der Waals surface area (Å²) < 4.78 is 38.6. The van der Waals surface area contributed by atoms with Gasteiger partial charge in [-0.05, 0) is 29.3 Å². The summed E-state index contributed by atoms with van der Waals surface area (Å²) in [5.74, 6) is 0.660. The highest BCUT2D eigenvalue weighted by Crippen LogP contribution is 2.60. The molecule has 0 heterocycles. The van der Waals surface area contributed by atoms with Crippen molar-refractivity contribution in [1.82, 2.24) is 0 Å². The molecule has 0 bridgehead atoms. The molecule has 2 rings (SSSR count). The molecule has 0 atom stereocenters. The van der Waals surface area contributed by atoms with Crippen LogP contribution in [0, 0.1) is 0 Å². The normalized spacial score (nSPS) is 12.5. The first-order valence-corrected chi connectivity index (χ1v) is 11.4. The van der Waals surface area contributed by atoms with Gasteiger partial charge in [0.2, 0.25) is 5.91 Å². The molecule has 0 fully saturated rings. The molecule has 2 aromatic carbocycles. The van der Waals surface area contributed by atoms with E-state index in [9.17, 15) is 18.1 Å². The standard InChI is InChI=1S/C18H17BrF2NO4PS/c19-16-10-13(6-7-15(16)18(20,21)27(24,25)26)11-28-8-2-4-12-3-1-5-14(9-12)17(22)23/h1-7,9-10H,8,11H2,(H2,22,23)(H2,24,25,26)/b4-2+. The van der Waals surface area contributed by atoms with Crippen LogP contribution in [0.1, 0.15) is 27.0 Å². The maximum Gasteiger partial charge on any atom is 0.399 e. The second kappa shape index (κ2) is 9.33. The average molecular weight is 492 g/mol. The minimum atomic E-state index is -5.61. The third-order valence-electron chi connectivity index (χ3n) is 3.69. The molecule has 28 heavy (non-hydrogen) atoms. The highest BCUT2D eigenvalue weighted by atomic mass is 79.9. The number of nitrogens with two attached hydrogens (primary N) is 1. The van der Waals surface area contributed by atoms with Crippen LogP contribution in [0.3, 0.4) is 0 Å². The topological polar surface area (TPSA) is 101 Å².